The molecule has 0 bridgehead atoms. The Labute approximate surface area is 190 Å². The van der Waals surface area contributed by atoms with Crippen LogP contribution in [0.2, 0.25) is 5.02 Å². The summed E-state index contributed by atoms with van der Waals surface area (Å²) in [5.41, 5.74) is 0.139. The van der Waals surface area contributed by atoms with E-state index in [2.05, 4.69) is 0 Å². The smallest absolute Gasteiger partial charge is 0.327 e. The highest BCUT2D eigenvalue weighted by molar-refractivity contribution is 7.89. The van der Waals surface area contributed by atoms with Gasteiger partial charge < -0.3 is 9.47 Å². The van der Waals surface area contributed by atoms with E-state index in [0.29, 0.717) is 10.6 Å². The molecule has 1 unspecified atom stereocenters. The number of halogens is 1. The molecule has 2 aromatic carbocycles. The molecule has 0 N–H and O–H groups in total. The first kappa shape index (κ1) is 23.9. The number of ether oxygens (including phenoxy) is 2. The van der Waals surface area contributed by atoms with Gasteiger partial charge in [0.05, 0.1) is 24.0 Å². The quantitative estimate of drug-likeness (QED) is 0.334. The zero-order valence-electron chi connectivity index (χ0n) is 17.4. The molecule has 0 saturated carbocycles. The van der Waals surface area contributed by atoms with E-state index in [1.54, 1.807) is 29.2 Å². The van der Waals surface area contributed by atoms with Gasteiger partial charge in [-0.3, -0.25) is 15.0 Å². The highest BCUT2D eigenvalue weighted by atomic mass is 35.5. The Balaban J connectivity index is 1.82. The number of sulfonamides is 1. The van der Waals surface area contributed by atoms with Crippen molar-refractivity contribution in [2.45, 2.75) is 10.9 Å². The molecule has 0 spiro atoms. The third-order valence-corrected chi connectivity index (χ3v) is 7.49. The predicted molar refractivity (Wildman–Crippen MR) is 116 cm³/mol. The number of carbonyl (C=O) groups excluding carboxylic acids is 1. The maximum absolute atomic E-state index is 13.1. The van der Waals surface area contributed by atoms with Crippen LogP contribution in [0.15, 0.2) is 47.4 Å². The topological polar surface area (TPSA) is 119 Å². The van der Waals surface area contributed by atoms with Crippen LogP contribution in [0, 0.1) is 10.1 Å². The van der Waals surface area contributed by atoms with E-state index in [1.807, 2.05) is 0 Å². The van der Waals surface area contributed by atoms with Crippen LogP contribution in [0.3, 0.4) is 0 Å². The Bertz CT molecular complexity index is 1120. The molecule has 12 heteroatoms. The number of nitrogens with zero attached hydrogens (tertiary/aromatic N) is 3. The van der Waals surface area contributed by atoms with E-state index in [9.17, 15) is 23.3 Å². The highest BCUT2D eigenvalue weighted by Gasteiger charge is 2.36. The number of piperazine rings is 1. The third kappa shape index (κ3) is 4.70. The normalized spacial score (nSPS) is 16.3. The first-order valence-electron chi connectivity index (χ1n) is 9.59. The van der Waals surface area contributed by atoms with Gasteiger partial charge in [-0.2, -0.15) is 4.31 Å². The number of benzene rings is 2. The molecule has 0 radical (unpaired) electrons. The predicted octanol–water partition coefficient (Wildman–Crippen LogP) is 2.48. The number of hydrogen-bond acceptors (Lipinski definition) is 8. The maximum atomic E-state index is 13.1. The molecule has 1 fully saturated rings. The summed E-state index contributed by atoms with van der Waals surface area (Å²) in [6.07, 6.45) is 0. The molecule has 0 aliphatic carbocycles. The summed E-state index contributed by atoms with van der Waals surface area (Å²) >= 11 is 6.28. The number of methoxy groups -OCH3 is 2. The van der Waals surface area contributed by atoms with E-state index in [4.69, 9.17) is 21.1 Å². The van der Waals surface area contributed by atoms with Crippen molar-refractivity contribution in [3.8, 4) is 5.75 Å². The van der Waals surface area contributed by atoms with Gasteiger partial charge in [0.15, 0.2) is 5.75 Å². The second kappa shape index (κ2) is 9.82. The molecule has 1 aliphatic rings. The Morgan fingerprint density at radius 2 is 1.78 bits per heavy atom. The number of carbonyl (C=O) groups is 1. The largest absolute Gasteiger partial charge is 0.490 e. The Hall–Kier alpha value is -2.73. The minimum absolute atomic E-state index is 0.0283. The van der Waals surface area contributed by atoms with Crippen molar-refractivity contribution in [1.29, 1.82) is 0 Å². The minimum Gasteiger partial charge on any atom is -0.490 e. The molecule has 0 aromatic heterocycles. The third-order valence-electron chi connectivity index (χ3n) is 5.25. The van der Waals surface area contributed by atoms with Crippen LogP contribution < -0.4 is 4.74 Å². The second-order valence-electron chi connectivity index (χ2n) is 6.98. The summed E-state index contributed by atoms with van der Waals surface area (Å²) in [6.45, 7) is 0.644. The van der Waals surface area contributed by atoms with Gasteiger partial charge in [0.1, 0.15) is 6.04 Å². The fourth-order valence-electron chi connectivity index (χ4n) is 3.61. The maximum Gasteiger partial charge on any atom is 0.327 e. The molecule has 172 valence electrons. The van der Waals surface area contributed by atoms with Crippen molar-refractivity contribution in [2.75, 3.05) is 40.4 Å². The number of esters is 1. The van der Waals surface area contributed by atoms with Crippen molar-refractivity contribution < 1.29 is 27.6 Å². The summed E-state index contributed by atoms with van der Waals surface area (Å²) in [6, 6.07) is 9.64. The van der Waals surface area contributed by atoms with Gasteiger partial charge in [-0.25, -0.2) is 13.2 Å². The SMILES string of the molecule is COC(=O)C(c1ccccc1Cl)N1CCN(S(=O)(=O)c2ccc(OC)c([N+](=O)[O-])c2)CC1. The van der Waals surface area contributed by atoms with E-state index in [-0.39, 0.29) is 36.8 Å². The van der Waals surface area contributed by atoms with E-state index in [0.717, 1.165) is 6.07 Å². The monoisotopic (exact) mass is 483 g/mol. The average Bonchev–Trinajstić information content (AvgIpc) is 2.80. The molecule has 32 heavy (non-hydrogen) atoms. The summed E-state index contributed by atoms with van der Waals surface area (Å²) in [4.78, 5) is 24.7. The van der Waals surface area contributed by atoms with Crippen LogP contribution >= 0.6 is 11.6 Å². The molecule has 1 atom stereocenters. The molecule has 3 rings (SSSR count). The molecule has 10 nitrogen and oxygen atoms in total. The second-order valence-corrected chi connectivity index (χ2v) is 9.32. The number of hydrogen-bond donors (Lipinski definition) is 0. The lowest BCUT2D eigenvalue weighted by Gasteiger charge is -2.37. The van der Waals surface area contributed by atoms with Gasteiger partial charge >= 0.3 is 11.7 Å². The van der Waals surface area contributed by atoms with Gasteiger partial charge in [-0.1, -0.05) is 29.8 Å². The van der Waals surface area contributed by atoms with Crippen molar-refractivity contribution in [3.05, 3.63) is 63.2 Å². The van der Waals surface area contributed by atoms with E-state index in [1.165, 1.54) is 30.7 Å². The lowest BCUT2D eigenvalue weighted by Crippen LogP contribution is -2.51. The molecule has 1 saturated heterocycles. The fraction of sp³-hybridized carbons (Fsp3) is 0.350. The van der Waals surface area contributed by atoms with Crippen molar-refractivity contribution in [2.24, 2.45) is 0 Å². The van der Waals surface area contributed by atoms with Crippen LogP contribution in [-0.4, -0.2) is 68.9 Å². The Kier molecular flexibility index (Phi) is 7.34. The van der Waals surface area contributed by atoms with Crippen LogP contribution in [0.1, 0.15) is 11.6 Å². The zero-order chi connectivity index (χ0) is 23.5. The molecular weight excluding hydrogens is 462 g/mol. The fourth-order valence-corrected chi connectivity index (χ4v) is 5.29. The van der Waals surface area contributed by atoms with Gasteiger partial charge in [-0.05, 0) is 23.8 Å². The number of nitro groups is 1. The standard InChI is InChI=1S/C20H22ClN3O7S/c1-30-18-8-7-14(13-17(18)24(26)27)32(28,29)23-11-9-22(10-12-23)19(20(25)31-2)15-5-3-4-6-16(15)21/h3-8,13,19H,9-12H2,1-2H3. The van der Waals surface area contributed by atoms with Crippen LogP contribution in [0.5, 0.6) is 5.75 Å². The van der Waals surface area contributed by atoms with Gasteiger partial charge in [0.2, 0.25) is 10.0 Å². The summed E-state index contributed by atoms with van der Waals surface area (Å²) in [5.74, 6) is -0.528. The number of rotatable bonds is 7. The van der Waals surface area contributed by atoms with E-state index < -0.39 is 32.6 Å². The first-order valence-corrected chi connectivity index (χ1v) is 11.4. The molecule has 1 aliphatic heterocycles. The number of nitro benzene ring substituents is 1. The summed E-state index contributed by atoms with van der Waals surface area (Å²) < 4.78 is 37.3. The molecule has 1 heterocycles. The molecular formula is C20H22ClN3O7S. The van der Waals surface area contributed by atoms with Gasteiger partial charge in [0, 0.05) is 37.3 Å². The van der Waals surface area contributed by atoms with Crippen molar-refractivity contribution in [3.63, 3.8) is 0 Å². The molecule has 2 aromatic rings. The lowest BCUT2D eigenvalue weighted by atomic mass is 10.0. The van der Waals surface area contributed by atoms with Gasteiger partial charge in [-0.15, -0.1) is 0 Å². The van der Waals surface area contributed by atoms with Crippen LogP contribution in [0.4, 0.5) is 5.69 Å². The van der Waals surface area contributed by atoms with E-state index >= 15 is 0 Å². The molecule has 0 amide bonds. The Morgan fingerprint density at radius 1 is 1.12 bits per heavy atom. The summed E-state index contributed by atoms with van der Waals surface area (Å²) in [5, 5.41) is 11.7. The van der Waals surface area contributed by atoms with Crippen LogP contribution in [0.25, 0.3) is 0 Å². The Morgan fingerprint density at radius 3 is 2.34 bits per heavy atom. The van der Waals surface area contributed by atoms with Crippen LogP contribution in [-0.2, 0) is 19.6 Å². The van der Waals surface area contributed by atoms with Crippen molar-refractivity contribution in [1.82, 2.24) is 9.21 Å². The zero-order valence-corrected chi connectivity index (χ0v) is 19.0. The first-order chi connectivity index (χ1) is 15.2. The van der Waals surface area contributed by atoms with Gasteiger partial charge in [0.25, 0.3) is 0 Å². The average molecular weight is 484 g/mol. The summed E-state index contributed by atoms with van der Waals surface area (Å²) in [7, 11) is -1.43. The lowest BCUT2D eigenvalue weighted by molar-refractivity contribution is -0.386. The highest BCUT2D eigenvalue weighted by Crippen LogP contribution is 2.33. The minimum atomic E-state index is -3.99. The van der Waals surface area contributed by atoms with Crippen molar-refractivity contribution >= 4 is 33.3 Å².